The third-order valence-corrected chi connectivity index (χ3v) is 4.27. The summed E-state index contributed by atoms with van der Waals surface area (Å²) in [5.74, 6) is -0.116. The Labute approximate surface area is 143 Å². The second-order valence-electron chi connectivity index (χ2n) is 4.32. The third kappa shape index (κ3) is 3.81. The maximum absolute atomic E-state index is 12.0. The normalized spacial score (nSPS) is 10.3. The van der Waals surface area contributed by atoms with Crippen molar-refractivity contribution in [3.63, 3.8) is 0 Å². The highest BCUT2D eigenvalue weighted by Gasteiger charge is 2.07. The molecule has 0 aliphatic heterocycles. The zero-order valence-electron chi connectivity index (χ0n) is 10.7. The van der Waals surface area contributed by atoms with E-state index in [0.29, 0.717) is 7.14 Å². The van der Waals surface area contributed by atoms with Crippen molar-refractivity contribution in [2.75, 3.05) is 5.32 Å². The Morgan fingerprint density at radius 2 is 1.80 bits per heavy atom. The number of benzene rings is 1. The second-order valence-corrected chi connectivity index (χ2v) is 6.64. The first-order valence-electron chi connectivity index (χ1n) is 5.88. The molecule has 0 fully saturated rings. The summed E-state index contributed by atoms with van der Waals surface area (Å²) in [6.45, 7) is 2.13. The molecule has 0 bridgehead atoms. The molecule has 2 aromatic rings. The Balaban J connectivity index is 2.13. The summed E-state index contributed by atoms with van der Waals surface area (Å²) in [5.41, 5.74) is 1.83. The van der Waals surface area contributed by atoms with E-state index in [9.17, 15) is 9.59 Å². The fourth-order valence-electron chi connectivity index (χ4n) is 1.72. The average molecular weight is 494 g/mol. The Hall–Kier alpha value is -0.900. The summed E-state index contributed by atoms with van der Waals surface area (Å²) in [5, 5.41) is 2.87. The van der Waals surface area contributed by atoms with Gasteiger partial charge in [-0.2, -0.15) is 0 Å². The van der Waals surface area contributed by atoms with E-state index in [2.05, 4.69) is 5.32 Å². The second kappa shape index (κ2) is 6.70. The summed E-state index contributed by atoms with van der Waals surface area (Å²) in [6, 6.07) is 7.62. The van der Waals surface area contributed by atoms with E-state index in [1.54, 1.807) is 17.0 Å². The number of halogens is 2. The highest BCUT2D eigenvalue weighted by Crippen LogP contribution is 2.13. The monoisotopic (exact) mass is 494 g/mol. The van der Waals surface area contributed by atoms with E-state index in [0.717, 1.165) is 11.3 Å². The van der Waals surface area contributed by atoms with Gasteiger partial charge in [0, 0.05) is 18.1 Å². The van der Waals surface area contributed by atoms with Crippen molar-refractivity contribution in [3.8, 4) is 0 Å². The van der Waals surface area contributed by atoms with Crippen LogP contribution < -0.4 is 10.7 Å². The molecule has 1 aromatic heterocycles. The van der Waals surface area contributed by atoms with Crippen LogP contribution in [0.5, 0.6) is 0 Å². The van der Waals surface area contributed by atoms with E-state index in [4.69, 9.17) is 0 Å². The lowest BCUT2D eigenvalue weighted by Gasteiger charge is -2.10. The van der Waals surface area contributed by atoms with Crippen molar-refractivity contribution in [2.45, 2.75) is 13.5 Å². The van der Waals surface area contributed by atoms with Crippen LogP contribution in [0.1, 0.15) is 5.56 Å². The first-order chi connectivity index (χ1) is 9.47. The van der Waals surface area contributed by atoms with Gasteiger partial charge in [-0.25, -0.2) is 0 Å². The van der Waals surface area contributed by atoms with Crippen LogP contribution in [0.4, 0.5) is 5.69 Å². The number of rotatable bonds is 3. The van der Waals surface area contributed by atoms with Crippen molar-refractivity contribution in [2.24, 2.45) is 0 Å². The Kier molecular flexibility index (Phi) is 5.19. The fourth-order valence-corrected chi connectivity index (χ4v) is 3.53. The van der Waals surface area contributed by atoms with Crippen LogP contribution in [0.3, 0.4) is 0 Å². The molecule has 1 N–H and O–H groups in total. The quantitative estimate of drug-likeness (QED) is 0.668. The Bertz CT molecular complexity index is 684. The molecule has 2 rings (SSSR count). The summed E-state index contributed by atoms with van der Waals surface area (Å²) in [6.07, 6.45) is 3.37. The molecule has 0 saturated carbocycles. The molecule has 0 atom stereocenters. The highest BCUT2D eigenvalue weighted by molar-refractivity contribution is 14.1. The number of hydrogen-bond donors (Lipinski definition) is 1. The molecule has 1 aromatic carbocycles. The van der Waals surface area contributed by atoms with Gasteiger partial charge in [0.05, 0.1) is 7.14 Å². The van der Waals surface area contributed by atoms with E-state index in [-0.39, 0.29) is 17.9 Å². The van der Waals surface area contributed by atoms with Gasteiger partial charge in [0.15, 0.2) is 0 Å². The number of nitrogens with zero attached hydrogens (tertiary/aromatic N) is 1. The number of para-hydroxylation sites is 1. The topological polar surface area (TPSA) is 51.1 Å². The van der Waals surface area contributed by atoms with Gasteiger partial charge in [-0.3, -0.25) is 9.59 Å². The maximum atomic E-state index is 12.0. The number of anilines is 1. The average Bonchev–Trinajstić information content (AvgIpc) is 2.38. The third-order valence-electron chi connectivity index (χ3n) is 2.74. The predicted molar refractivity (Wildman–Crippen MR) is 95.9 cm³/mol. The predicted octanol–water partition coefficient (Wildman–Crippen LogP) is 3.00. The summed E-state index contributed by atoms with van der Waals surface area (Å²) >= 11 is 3.96. The number of amides is 1. The zero-order valence-corrected chi connectivity index (χ0v) is 15.0. The molecule has 0 radical (unpaired) electrons. The fraction of sp³-hybridized carbons (Fsp3) is 0.143. The van der Waals surface area contributed by atoms with Crippen molar-refractivity contribution in [1.82, 2.24) is 4.57 Å². The minimum absolute atomic E-state index is 0.00163. The molecule has 104 valence electrons. The lowest BCUT2D eigenvalue weighted by atomic mass is 10.2. The first-order valence-corrected chi connectivity index (χ1v) is 8.03. The molecule has 1 amide bonds. The number of aryl methyl sites for hydroxylation is 1. The van der Waals surface area contributed by atoms with E-state index in [1.807, 2.05) is 76.4 Å². The number of pyridine rings is 1. The van der Waals surface area contributed by atoms with E-state index >= 15 is 0 Å². The van der Waals surface area contributed by atoms with Crippen LogP contribution in [-0.4, -0.2) is 10.5 Å². The van der Waals surface area contributed by atoms with Crippen LogP contribution in [0.15, 0.2) is 41.5 Å². The Morgan fingerprint density at radius 3 is 2.40 bits per heavy atom. The van der Waals surface area contributed by atoms with Gasteiger partial charge in [0.25, 0.3) is 0 Å². The molecule has 1 heterocycles. The number of hydrogen-bond acceptors (Lipinski definition) is 2. The lowest BCUT2D eigenvalue weighted by Crippen LogP contribution is -2.22. The van der Waals surface area contributed by atoms with Crippen LogP contribution in [-0.2, 0) is 11.3 Å². The molecular formula is C14H12I2N2O2. The number of aromatic nitrogens is 1. The van der Waals surface area contributed by atoms with Gasteiger partial charge in [-0.05, 0) is 63.7 Å². The van der Waals surface area contributed by atoms with Crippen LogP contribution in [0.2, 0.25) is 0 Å². The van der Waals surface area contributed by atoms with Crippen molar-refractivity contribution < 1.29 is 4.79 Å². The molecule has 4 nitrogen and oxygen atoms in total. The maximum Gasteiger partial charge on any atom is 0.244 e. The van der Waals surface area contributed by atoms with Gasteiger partial charge in [-0.15, -0.1) is 0 Å². The number of nitrogens with one attached hydrogen (secondary N) is 1. The number of carbonyl (C=O) groups excluding carboxylic acids is 1. The van der Waals surface area contributed by atoms with E-state index < -0.39 is 0 Å². The van der Waals surface area contributed by atoms with Gasteiger partial charge in [0.2, 0.25) is 11.3 Å². The smallest absolute Gasteiger partial charge is 0.244 e. The minimum Gasteiger partial charge on any atom is -0.343 e. The van der Waals surface area contributed by atoms with Crippen molar-refractivity contribution in [3.05, 3.63) is 59.6 Å². The minimum atomic E-state index is -0.116. The molecule has 0 unspecified atom stereocenters. The zero-order chi connectivity index (χ0) is 14.7. The highest BCUT2D eigenvalue weighted by atomic mass is 127. The summed E-state index contributed by atoms with van der Waals surface area (Å²) in [7, 11) is 0. The number of carbonyl (C=O) groups is 1. The molecule has 20 heavy (non-hydrogen) atoms. The summed E-state index contributed by atoms with van der Waals surface area (Å²) < 4.78 is 2.94. The molecule has 0 saturated heterocycles. The van der Waals surface area contributed by atoms with Gasteiger partial charge in [-0.1, -0.05) is 18.2 Å². The van der Waals surface area contributed by atoms with Crippen LogP contribution >= 0.6 is 45.2 Å². The lowest BCUT2D eigenvalue weighted by molar-refractivity contribution is -0.116. The van der Waals surface area contributed by atoms with Crippen LogP contribution in [0.25, 0.3) is 0 Å². The SMILES string of the molecule is Cc1ccccc1NC(=O)Cn1cc(I)c(=O)c(I)c1. The largest absolute Gasteiger partial charge is 0.343 e. The first kappa shape index (κ1) is 15.5. The van der Waals surface area contributed by atoms with Gasteiger partial charge < -0.3 is 9.88 Å². The van der Waals surface area contributed by atoms with Crippen LogP contribution in [0, 0.1) is 14.1 Å². The van der Waals surface area contributed by atoms with Gasteiger partial charge in [0.1, 0.15) is 6.54 Å². The van der Waals surface area contributed by atoms with Crippen molar-refractivity contribution >= 4 is 56.8 Å². The Morgan fingerprint density at radius 1 is 1.20 bits per heavy atom. The molecular weight excluding hydrogens is 482 g/mol. The van der Waals surface area contributed by atoms with Crippen molar-refractivity contribution in [1.29, 1.82) is 0 Å². The standard InChI is InChI=1S/C14H12I2N2O2/c1-9-4-2-3-5-12(9)17-13(19)8-18-6-10(15)14(20)11(16)7-18/h2-7H,8H2,1H3,(H,17,19). The van der Waals surface area contributed by atoms with E-state index in [1.165, 1.54) is 0 Å². The summed E-state index contributed by atoms with van der Waals surface area (Å²) in [4.78, 5) is 23.6. The molecule has 0 aliphatic carbocycles. The molecule has 6 heteroatoms. The van der Waals surface area contributed by atoms with Gasteiger partial charge >= 0.3 is 0 Å². The molecule has 0 spiro atoms. The molecule has 0 aliphatic rings.